The van der Waals surface area contributed by atoms with Gasteiger partial charge in [-0.05, 0) is 56.4 Å². The summed E-state index contributed by atoms with van der Waals surface area (Å²) in [6, 6.07) is 4.76. The van der Waals surface area contributed by atoms with Gasteiger partial charge in [0.15, 0.2) is 5.82 Å². The Morgan fingerprint density at radius 3 is 2.34 bits per heavy atom. The minimum absolute atomic E-state index is 0.150. The van der Waals surface area contributed by atoms with Crippen LogP contribution in [-0.2, 0) is 16.4 Å². The van der Waals surface area contributed by atoms with E-state index < -0.39 is 10.0 Å². The molecule has 3 heterocycles. The number of aliphatic hydroxyl groups is 1. The highest BCUT2D eigenvalue weighted by atomic mass is 32.2. The summed E-state index contributed by atoms with van der Waals surface area (Å²) in [4.78, 5) is 14.0. The third-order valence-electron chi connectivity index (χ3n) is 9.31. The van der Waals surface area contributed by atoms with Gasteiger partial charge in [-0.3, -0.25) is 0 Å². The number of hydrogen-bond acceptors (Lipinski definition) is 8. The summed E-state index contributed by atoms with van der Waals surface area (Å²) in [6.07, 6.45) is 13.4. The zero-order chi connectivity index (χ0) is 34.2. The zero-order valence-electron chi connectivity index (χ0n) is 30.0. The van der Waals surface area contributed by atoms with Crippen LogP contribution < -0.4 is 9.62 Å². The lowest BCUT2D eigenvalue weighted by Gasteiger charge is -2.25. The lowest BCUT2D eigenvalue weighted by molar-refractivity contribution is 0.288. The molecule has 0 spiro atoms. The van der Waals surface area contributed by atoms with Crippen LogP contribution in [0.2, 0.25) is 0 Å². The van der Waals surface area contributed by atoms with Crippen molar-refractivity contribution < 1.29 is 13.5 Å². The van der Waals surface area contributed by atoms with E-state index in [9.17, 15) is 13.5 Å². The van der Waals surface area contributed by atoms with Crippen molar-refractivity contribution >= 4 is 32.8 Å². The predicted octanol–water partition coefficient (Wildman–Crippen LogP) is 7.05. The topological polar surface area (TPSA) is 125 Å². The summed E-state index contributed by atoms with van der Waals surface area (Å²) in [5, 5.41) is 18.9. The number of aliphatic imine (C=N–C) groups is 1. The van der Waals surface area contributed by atoms with Gasteiger partial charge in [-0.2, -0.15) is 5.10 Å². The van der Waals surface area contributed by atoms with E-state index in [1.165, 1.54) is 56.2 Å². The van der Waals surface area contributed by atoms with Crippen LogP contribution in [0.15, 0.2) is 22.2 Å². The quantitative estimate of drug-likeness (QED) is 0.155. The Balaban J connectivity index is 1.39. The molecule has 0 fully saturated rings. The molecule has 10 nitrogen and oxygen atoms in total. The van der Waals surface area contributed by atoms with Crippen LogP contribution in [0.3, 0.4) is 0 Å². The van der Waals surface area contributed by atoms with Crippen molar-refractivity contribution in [3.63, 3.8) is 0 Å². The summed E-state index contributed by atoms with van der Waals surface area (Å²) < 4.78 is 28.3. The summed E-state index contributed by atoms with van der Waals surface area (Å²) >= 11 is 0. The van der Waals surface area contributed by atoms with Crippen molar-refractivity contribution in [1.82, 2.24) is 19.6 Å². The van der Waals surface area contributed by atoms with Gasteiger partial charge in [0, 0.05) is 42.8 Å². The van der Waals surface area contributed by atoms with Crippen molar-refractivity contribution in [2.24, 2.45) is 15.5 Å². The third kappa shape index (κ3) is 9.95. The van der Waals surface area contributed by atoms with E-state index in [2.05, 4.69) is 68.4 Å². The summed E-state index contributed by atoms with van der Waals surface area (Å²) in [7, 11) is -3.37. The summed E-state index contributed by atoms with van der Waals surface area (Å²) in [5.74, 6) is 1.06. The molecule has 0 aliphatic carbocycles. The first-order valence-corrected chi connectivity index (χ1v) is 19.6. The maximum absolute atomic E-state index is 12.7. The van der Waals surface area contributed by atoms with E-state index in [0.29, 0.717) is 29.8 Å². The number of sulfonamides is 1. The highest BCUT2D eigenvalue weighted by Gasteiger charge is 2.36. The smallest absolute Gasteiger partial charge is 0.211 e. The molecule has 1 unspecified atom stereocenters. The average molecular weight is 670 g/mol. The number of nitrogens with zero attached hydrogens (tertiary/aromatic N) is 6. The molecule has 2 aliphatic heterocycles. The van der Waals surface area contributed by atoms with Crippen molar-refractivity contribution in [3.8, 4) is 0 Å². The highest BCUT2D eigenvalue weighted by molar-refractivity contribution is 7.89. The second kappa shape index (κ2) is 16.7. The lowest BCUT2D eigenvalue weighted by Crippen LogP contribution is -2.30. The number of hydrogen-bond donors (Lipinski definition) is 2. The minimum atomic E-state index is -3.37. The monoisotopic (exact) mass is 669 g/mol. The Kier molecular flexibility index (Phi) is 13.2. The highest BCUT2D eigenvalue weighted by Crippen LogP contribution is 2.38. The van der Waals surface area contributed by atoms with E-state index in [-0.39, 0.29) is 30.2 Å². The predicted molar refractivity (Wildman–Crippen MR) is 194 cm³/mol. The van der Waals surface area contributed by atoms with Crippen LogP contribution in [0.1, 0.15) is 141 Å². The first kappa shape index (κ1) is 37.2. The molecule has 4 rings (SSSR count). The molecule has 1 aromatic heterocycles. The fourth-order valence-corrected chi connectivity index (χ4v) is 7.67. The van der Waals surface area contributed by atoms with Crippen molar-refractivity contribution in [2.75, 3.05) is 30.3 Å². The number of fused-ring (bicyclic) bond motifs is 2. The maximum atomic E-state index is 12.7. The second-order valence-electron chi connectivity index (χ2n) is 14.7. The number of aryl methyl sites for hydroxylation is 1. The summed E-state index contributed by atoms with van der Waals surface area (Å²) in [6.45, 7) is 16.1. The van der Waals surface area contributed by atoms with Crippen LogP contribution in [0.5, 0.6) is 0 Å². The SMILES string of the molecule is CCCCCCCCCCCCS(=O)(=O)NCC(C)c1nc2n(n1)N=C(C(C)(C)C)/C2=N/c1cc2c(cc1C)N(CCCO)[C@@H](C)C2. The lowest BCUT2D eigenvalue weighted by atomic mass is 9.87. The molecule has 262 valence electrons. The van der Waals surface area contributed by atoms with Crippen LogP contribution in [0, 0.1) is 12.3 Å². The molecular formula is C36H59N7O3S. The zero-order valence-corrected chi connectivity index (χ0v) is 30.8. The molecule has 1 aromatic carbocycles. The number of nitrogens with one attached hydrogen (secondary N) is 1. The molecular weight excluding hydrogens is 611 g/mol. The molecule has 0 radical (unpaired) electrons. The molecule has 47 heavy (non-hydrogen) atoms. The molecule has 2 N–H and O–H groups in total. The molecule has 0 amide bonds. The number of unbranched alkanes of at least 4 members (excludes halogenated alkanes) is 9. The molecule has 0 saturated heterocycles. The molecule has 2 aliphatic rings. The third-order valence-corrected chi connectivity index (χ3v) is 10.7. The van der Waals surface area contributed by atoms with Crippen LogP contribution in [-0.4, -0.2) is 71.3 Å². The number of aromatic nitrogens is 3. The Hall–Kier alpha value is -2.63. The molecule has 0 saturated carbocycles. The normalized spacial score (nSPS) is 17.8. The van der Waals surface area contributed by atoms with E-state index in [4.69, 9.17) is 15.1 Å². The minimum Gasteiger partial charge on any atom is -0.396 e. The molecule has 2 atom stereocenters. The van der Waals surface area contributed by atoms with Gasteiger partial charge >= 0.3 is 0 Å². The van der Waals surface area contributed by atoms with Crippen LogP contribution in [0.4, 0.5) is 11.4 Å². The van der Waals surface area contributed by atoms with Gasteiger partial charge in [0.05, 0.1) is 17.2 Å². The van der Waals surface area contributed by atoms with Crippen molar-refractivity contribution in [3.05, 3.63) is 34.9 Å². The van der Waals surface area contributed by atoms with Gasteiger partial charge in [0.1, 0.15) is 5.71 Å². The van der Waals surface area contributed by atoms with Crippen molar-refractivity contribution in [2.45, 2.75) is 137 Å². The standard InChI is InChI=1S/C36H59N7O3S/c1-8-9-10-11-12-13-14-15-16-17-21-47(45,46)37-25-27(3)34-39-35-32(33(36(5,6)7)40-43(35)41-34)38-30-24-29-23-28(4)42(19-18-20-44)31(29)22-26(30)2/h22,24,27-28,37,44H,8-21,23,25H2,1-7H3/b38-32-/t27?,28-/m0/s1. The fraction of sp³-hybridized carbons (Fsp3) is 0.722. The van der Waals surface area contributed by atoms with Gasteiger partial charge in [-0.15, -0.1) is 9.89 Å². The van der Waals surface area contributed by atoms with E-state index in [1.807, 2.05) is 6.92 Å². The number of anilines is 1. The fourth-order valence-electron chi connectivity index (χ4n) is 6.44. The molecule has 11 heteroatoms. The van der Waals surface area contributed by atoms with E-state index in [1.54, 1.807) is 4.79 Å². The largest absolute Gasteiger partial charge is 0.396 e. The first-order valence-electron chi connectivity index (χ1n) is 18.0. The number of rotatable bonds is 19. The van der Waals surface area contributed by atoms with Crippen molar-refractivity contribution in [1.29, 1.82) is 0 Å². The van der Waals surface area contributed by atoms with Gasteiger partial charge in [-0.1, -0.05) is 92.4 Å². The number of benzene rings is 1. The van der Waals surface area contributed by atoms with Gasteiger partial charge < -0.3 is 10.0 Å². The Bertz CT molecular complexity index is 1510. The number of aliphatic hydroxyl groups excluding tert-OH is 1. The average Bonchev–Trinajstić information content (AvgIpc) is 3.67. The Morgan fingerprint density at radius 2 is 1.70 bits per heavy atom. The Labute approximate surface area is 283 Å². The molecule has 2 aromatic rings. The maximum Gasteiger partial charge on any atom is 0.211 e. The van der Waals surface area contributed by atoms with E-state index in [0.717, 1.165) is 49.2 Å². The van der Waals surface area contributed by atoms with E-state index >= 15 is 0 Å². The van der Waals surface area contributed by atoms with Gasteiger partial charge in [-0.25, -0.2) is 23.1 Å². The Morgan fingerprint density at radius 1 is 1.04 bits per heavy atom. The van der Waals surface area contributed by atoms with Crippen LogP contribution in [0.25, 0.3) is 0 Å². The van der Waals surface area contributed by atoms with Gasteiger partial charge in [0.2, 0.25) is 15.8 Å². The first-order chi connectivity index (χ1) is 22.3. The van der Waals surface area contributed by atoms with Crippen LogP contribution >= 0.6 is 0 Å². The summed E-state index contributed by atoms with van der Waals surface area (Å²) in [5.41, 5.74) is 5.68. The van der Waals surface area contributed by atoms with Gasteiger partial charge in [0.25, 0.3) is 0 Å². The molecule has 0 bridgehead atoms. The second-order valence-corrected chi connectivity index (χ2v) is 16.6.